The Morgan fingerprint density at radius 1 is 1.29 bits per heavy atom. The van der Waals surface area contributed by atoms with E-state index in [0.29, 0.717) is 6.04 Å². The molecule has 3 rings (SSSR count). The maximum Gasteiger partial charge on any atom is 0.165 e. The first kappa shape index (κ1) is 10.5. The van der Waals surface area contributed by atoms with Gasteiger partial charge >= 0.3 is 0 Å². The molecule has 0 unspecified atom stereocenters. The summed E-state index contributed by atoms with van der Waals surface area (Å²) < 4.78 is 1.89. The Morgan fingerprint density at radius 3 is 2.76 bits per heavy atom. The number of para-hydroxylation sites is 1. The number of aromatic nitrogens is 3. The molecule has 1 N–H and O–H groups in total. The first-order valence-corrected chi connectivity index (χ1v) is 6.04. The fourth-order valence-corrected chi connectivity index (χ4v) is 1.86. The minimum atomic E-state index is 0.694. The smallest absolute Gasteiger partial charge is 0.165 e. The molecular weight excluding hydrogens is 212 g/mol. The van der Waals surface area contributed by atoms with Crippen LogP contribution in [-0.2, 0) is 6.54 Å². The Morgan fingerprint density at radius 2 is 2.06 bits per heavy atom. The third kappa shape index (κ3) is 2.36. The van der Waals surface area contributed by atoms with Crippen molar-refractivity contribution >= 4 is 0 Å². The lowest BCUT2D eigenvalue weighted by molar-refractivity contribution is 0.654. The van der Waals surface area contributed by atoms with E-state index >= 15 is 0 Å². The highest BCUT2D eigenvalue weighted by molar-refractivity contribution is 5.30. The second-order valence-corrected chi connectivity index (χ2v) is 4.48. The Hall–Kier alpha value is -1.68. The van der Waals surface area contributed by atoms with Crippen LogP contribution in [0.3, 0.4) is 0 Å². The van der Waals surface area contributed by atoms with E-state index in [1.54, 1.807) is 0 Å². The zero-order chi connectivity index (χ0) is 11.7. The number of aryl methyl sites for hydroxylation is 1. The molecule has 0 amide bonds. The van der Waals surface area contributed by atoms with E-state index in [-0.39, 0.29) is 0 Å². The fourth-order valence-electron chi connectivity index (χ4n) is 1.86. The molecule has 1 saturated carbocycles. The van der Waals surface area contributed by atoms with Crippen LogP contribution in [0.4, 0.5) is 0 Å². The van der Waals surface area contributed by atoms with Gasteiger partial charge in [0.2, 0.25) is 0 Å². The van der Waals surface area contributed by atoms with Crippen molar-refractivity contribution < 1.29 is 0 Å². The summed E-state index contributed by atoms with van der Waals surface area (Å²) in [6.07, 6.45) is 2.58. The highest BCUT2D eigenvalue weighted by atomic mass is 15.4. The number of rotatable bonds is 4. The SMILES string of the molecule is Cc1nc(CNC2CC2)nn1-c1ccccc1. The zero-order valence-corrected chi connectivity index (χ0v) is 9.93. The molecule has 88 valence electrons. The highest BCUT2D eigenvalue weighted by Crippen LogP contribution is 2.19. The Labute approximate surface area is 101 Å². The van der Waals surface area contributed by atoms with Crippen LogP contribution in [0.15, 0.2) is 30.3 Å². The number of hydrogen-bond donors (Lipinski definition) is 1. The lowest BCUT2D eigenvalue weighted by Gasteiger charge is -2.01. The second-order valence-electron chi connectivity index (χ2n) is 4.48. The van der Waals surface area contributed by atoms with Gasteiger partial charge in [0.25, 0.3) is 0 Å². The van der Waals surface area contributed by atoms with E-state index < -0.39 is 0 Å². The van der Waals surface area contributed by atoms with Crippen molar-refractivity contribution in [2.24, 2.45) is 0 Å². The molecule has 0 atom stereocenters. The van der Waals surface area contributed by atoms with Crippen LogP contribution in [0.25, 0.3) is 5.69 Å². The van der Waals surface area contributed by atoms with Crippen LogP contribution in [-0.4, -0.2) is 20.8 Å². The quantitative estimate of drug-likeness (QED) is 0.868. The molecule has 4 heteroatoms. The van der Waals surface area contributed by atoms with Crippen LogP contribution in [0.1, 0.15) is 24.5 Å². The van der Waals surface area contributed by atoms with Crippen molar-refractivity contribution in [1.29, 1.82) is 0 Å². The predicted octanol–water partition coefficient (Wildman–Crippen LogP) is 1.83. The van der Waals surface area contributed by atoms with Crippen molar-refractivity contribution in [3.8, 4) is 5.69 Å². The van der Waals surface area contributed by atoms with Gasteiger partial charge in [0, 0.05) is 6.04 Å². The van der Waals surface area contributed by atoms with Gasteiger partial charge in [0.15, 0.2) is 5.82 Å². The van der Waals surface area contributed by atoms with Crippen molar-refractivity contribution in [3.05, 3.63) is 42.0 Å². The number of nitrogens with zero attached hydrogens (tertiary/aromatic N) is 3. The summed E-state index contributed by atoms with van der Waals surface area (Å²) >= 11 is 0. The maximum atomic E-state index is 4.52. The summed E-state index contributed by atoms with van der Waals surface area (Å²) in [6.45, 7) is 2.76. The topological polar surface area (TPSA) is 42.7 Å². The van der Waals surface area contributed by atoms with Crippen molar-refractivity contribution in [1.82, 2.24) is 20.1 Å². The molecule has 0 saturated heterocycles. The summed E-state index contributed by atoms with van der Waals surface area (Å²) in [5, 5.41) is 7.95. The van der Waals surface area contributed by atoms with E-state index in [1.165, 1.54) is 12.8 Å². The molecule has 17 heavy (non-hydrogen) atoms. The summed E-state index contributed by atoms with van der Waals surface area (Å²) in [7, 11) is 0. The molecule has 1 heterocycles. The van der Waals surface area contributed by atoms with Gasteiger partial charge < -0.3 is 5.32 Å². The van der Waals surface area contributed by atoms with Gasteiger partial charge in [-0.05, 0) is 31.9 Å². The van der Waals surface area contributed by atoms with E-state index in [1.807, 2.05) is 41.9 Å². The Bertz CT molecular complexity index is 499. The van der Waals surface area contributed by atoms with Crippen molar-refractivity contribution in [2.75, 3.05) is 0 Å². The molecule has 0 spiro atoms. The summed E-state index contributed by atoms with van der Waals surface area (Å²) in [4.78, 5) is 4.48. The molecule has 1 aromatic carbocycles. The summed E-state index contributed by atoms with van der Waals surface area (Å²) in [5.41, 5.74) is 1.06. The minimum Gasteiger partial charge on any atom is -0.307 e. The van der Waals surface area contributed by atoms with Crippen LogP contribution < -0.4 is 5.32 Å². The van der Waals surface area contributed by atoms with E-state index in [9.17, 15) is 0 Å². The third-order valence-electron chi connectivity index (χ3n) is 2.94. The average molecular weight is 228 g/mol. The first-order valence-electron chi connectivity index (χ1n) is 6.04. The fraction of sp³-hybridized carbons (Fsp3) is 0.385. The van der Waals surface area contributed by atoms with E-state index in [0.717, 1.165) is 23.9 Å². The standard InChI is InChI=1S/C13H16N4/c1-10-15-13(9-14-11-7-8-11)16-17(10)12-5-3-2-4-6-12/h2-6,11,14H,7-9H2,1H3. The Balaban J connectivity index is 1.80. The molecule has 1 aliphatic rings. The van der Waals surface area contributed by atoms with Crippen molar-refractivity contribution in [2.45, 2.75) is 32.4 Å². The monoisotopic (exact) mass is 228 g/mol. The van der Waals surface area contributed by atoms with Gasteiger partial charge in [-0.25, -0.2) is 9.67 Å². The van der Waals surface area contributed by atoms with Crippen LogP contribution in [0.2, 0.25) is 0 Å². The van der Waals surface area contributed by atoms with Gasteiger partial charge in [0.1, 0.15) is 5.82 Å². The molecule has 4 nitrogen and oxygen atoms in total. The van der Waals surface area contributed by atoms with Gasteiger partial charge in [-0.3, -0.25) is 0 Å². The maximum absolute atomic E-state index is 4.52. The Kier molecular flexibility index (Phi) is 2.65. The molecule has 1 aliphatic carbocycles. The third-order valence-corrected chi connectivity index (χ3v) is 2.94. The van der Waals surface area contributed by atoms with Crippen LogP contribution in [0.5, 0.6) is 0 Å². The molecule has 0 radical (unpaired) electrons. The zero-order valence-electron chi connectivity index (χ0n) is 9.93. The molecular formula is C13H16N4. The number of hydrogen-bond acceptors (Lipinski definition) is 3. The van der Waals surface area contributed by atoms with Gasteiger partial charge in [-0.2, -0.15) is 0 Å². The van der Waals surface area contributed by atoms with Gasteiger partial charge in [0.05, 0.1) is 12.2 Å². The largest absolute Gasteiger partial charge is 0.307 e. The van der Waals surface area contributed by atoms with E-state index in [4.69, 9.17) is 0 Å². The normalized spacial score (nSPS) is 15.1. The van der Waals surface area contributed by atoms with E-state index in [2.05, 4.69) is 15.4 Å². The number of nitrogens with one attached hydrogen (secondary N) is 1. The summed E-state index contributed by atoms with van der Waals surface area (Å²) in [6, 6.07) is 10.8. The predicted molar refractivity (Wildman–Crippen MR) is 66.0 cm³/mol. The average Bonchev–Trinajstić information content (AvgIpc) is 3.11. The molecule has 1 fully saturated rings. The van der Waals surface area contributed by atoms with Gasteiger partial charge in [-0.15, -0.1) is 5.10 Å². The first-order chi connectivity index (χ1) is 8.33. The highest BCUT2D eigenvalue weighted by Gasteiger charge is 2.21. The molecule has 2 aromatic rings. The lowest BCUT2D eigenvalue weighted by Crippen LogP contribution is -2.16. The molecule has 1 aromatic heterocycles. The summed E-state index contributed by atoms with van der Waals surface area (Å²) in [5.74, 6) is 1.81. The molecule has 0 aliphatic heterocycles. The van der Waals surface area contributed by atoms with Crippen LogP contribution >= 0.6 is 0 Å². The second kappa shape index (κ2) is 4.30. The van der Waals surface area contributed by atoms with Crippen molar-refractivity contribution in [3.63, 3.8) is 0 Å². The van der Waals surface area contributed by atoms with Crippen LogP contribution in [0, 0.1) is 6.92 Å². The molecule has 0 bridgehead atoms. The number of benzene rings is 1. The lowest BCUT2D eigenvalue weighted by atomic mass is 10.3. The van der Waals surface area contributed by atoms with Gasteiger partial charge in [-0.1, -0.05) is 18.2 Å². The minimum absolute atomic E-state index is 0.694.